The SMILES string of the molecule is CC=CCOc1cccc(C#Cc2ccc(C(=O)OCC)cn2)c1C. The van der Waals surface area contributed by atoms with Crippen molar-refractivity contribution >= 4 is 5.97 Å². The third kappa shape index (κ3) is 5.22. The zero-order valence-electron chi connectivity index (χ0n) is 14.7. The van der Waals surface area contributed by atoms with Crippen molar-refractivity contribution in [3.05, 3.63) is 71.1 Å². The number of nitrogens with zero attached hydrogens (tertiary/aromatic N) is 1. The van der Waals surface area contributed by atoms with Crippen LogP contribution in [0.3, 0.4) is 0 Å². The van der Waals surface area contributed by atoms with Crippen molar-refractivity contribution in [3.8, 4) is 17.6 Å². The van der Waals surface area contributed by atoms with Gasteiger partial charge in [0.2, 0.25) is 0 Å². The molecule has 1 aromatic carbocycles. The molecule has 4 heteroatoms. The fraction of sp³-hybridized carbons (Fsp3) is 0.238. The number of carbonyl (C=O) groups excluding carboxylic acids is 1. The van der Waals surface area contributed by atoms with Crippen LogP contribution in [0.2, 0.25) is 0 Å². The largest absolute Gasteiger partial charge is 0.489 e. The average molecular weight is 335 g/mol. The molecule has 0 spiro atoms. The van der Waals surface area contributed by atoms with E-state index < -0.39 is 0 Å². The second-order valence-electron chi connectivity index (χ2n) is 5.21. The molecule has 4 nitrogen and oxygen atoms in total. The first kappa shape index (κ1) is 18.3. The molecule has 1 heterocycles. The van der Waals surface area contributed by atoms with E-state index in [1.165, 1.54) is 6.20 Å². The van der Waals surface area contributed by atoms with Gasteiger partial charge in [-0.2, -0.15) is 0 Å². The lowest BCUT2D eigenvalue weighted by atomic mass is 10.1. The minimum atomic E-state index is -0.378. The Labute approximate surface area is 148 Å². The molecule has 0 bridgehead atoms. The van der Waals surface area contributed by atoms with Crippen LogP contribution in [0.15, 0.2) is 48.7 Å². The van der Waals surface area contributed by atoms with Crippen molar-refractivity contribution in [2.75, 3.05) is 13.2 Å². The first-order valence-corrected chi connectivity index (χ1v) is 8.14. The Morgan fingerprint density at radius 3 is 2.76 bits per heavy atom. The molecule has 0 N–H and O–H groups in total. The second-order valence-corrected chi connectivity index (χ2v) is 5.21. The normalized spacial score (nSPS) is 10.2. The molecule has 0 aliphatic rings. The van der Waals surface area contributed by atoms with Crippen LogP contribution in [0.5, 0.6) is 5.75 Å². The topological polar surface area (TPSA) is 48.4 Å². The molecule has 2 aromatic rings. The van der Waals surface area contributed by atoms with Crippen molar-refractivity contribution in [3.63, 3.8) is 0 Å². The van der Waals surface area contributed by atoms with Crippen LogP contribution in [-0.4, -0.2) is 24.2 Å². The number of rotatable bonds is 5. The van der Waals surface area contributed by atoms with Crippen LogP contribution in [0.1, 0.15) is 41.0 Å². The molecule has 0 radical (unpaired) electrons. The van der Waals surface area contributed by atoms with Gasteiger partial charge in [0, 0.05) is 17.3 Å². The highest BCUT2D eigenvalue weighted by atomic mass is 16.5. The van der Waals surface area contributed by atoms with E-state index in [2.05, 4.69) is 16.8 Å². The molecular weight excluding hydrogens is 314 g/mol. The van der Waals surface area contributed by atoms with Crippen molar-refractivity contribution < 1.29 is 14.3 Å². The summed E-state index contributed by atoms with van der Waals surface area (Å²) in [4.78, 5) is 15.8. The average Bonchev–Trinajstić information content (AvgIpc) is 2.63. The van der Waals surface area contributed by atoms with Crippen LogP contribution < -0.4 is 4.74 Å². The van der Waals surface area contributed by atoms with E-state index in [0.717, 1.165) is 16.9 Å². The Hall–Kier alpha value is -3.06. The number of hydrogen-bond acceptors (Lipinski definition) is 4. The summed E-state index contributed by atoms with van der Waals surface area (Å²) < 4.78 is 10.6. The summed E-state index contributed by atoms with van der Waals surface area (Å²) in [6, 6.07) is 9.16. The van der Waals surface area contributed by atoms with Crippen molar-refractivity contribution in [2.24, 2.45) is 0 Å². The van der Waals surface area contributed by atoms with Gasteiger partial charge in [-0.25, -0.2) is 9.78 Å². The number of allylic oxidation sites excluding steroid dienone is 1. The molecule has 0 unspecified atom stereocenters. The molecule has 0 fully saturated rings. The predicted molar refractivity (Wildman–Crippen MR) is 97.7 cm³/mol. The minimum Gasteiger partial charge on any atom is -0.489 e. The van der Waals surface area contributed by atoms with E-state index in [1.807, 2.05) is 44.2 Å². The van der Waals surface area contributed by atoms with E-state index in [0.29, 0.717) is 24.5 Å². The maximum absolute atomic E-state index is 11.6. The third-order valence-electron chi connectivity index (χ3n) is 3.45. The molecule has 0 saturated carbocycles. The zero-order valence-corrected chi connectivity index (χ0v) is 14.7. The van der Waals surface area contributed by atoms with Gasteiger partial charge in [-0.3, -0.25) is 0 Å². The van der Waals surface area contributed by atoms with Gasteiger partial charge in [-0.05, 0) is 51.0 Å². The van der Waals surface area contributed by atoms with Gasteiger partial charge < -0.3 is 9.47 Å². The molecule has 0 atom stereocenters. The van der Waals surface area contributed by atoms with Gasteiger partial charge >= 0.3 is 5.97 Å². The highest BCUT2D eigenvalue weighted by Gasteiger charge is 2.06. The smallest absolute Gasteiger partial charge is 0.339 e. The van der Waals surface area contributed by atoms with Gasteiger partial charge in [-0.1, -0.05) is 24.1 Å². The number of ether oxygens (including phenoxy) is 2. The summed E-state index contributed by atoms with van der Waals surface area (Å²) in [5.41, 5.74) is 2.88. The van der Waals surface area contributed by atoms with E-state index in [-0.39, 0.29) is 5.97 Å². The summed E-state index contributed by atoms with van der Waals surface area (Å²) >= 11 is 0. The first-order chi connectivity index (χ1) is 12.2. The van der Waals surface area contributed by atoms with Gasteiger partial charge in [-0.15, -0.1) is 0 Å². The molecule has 0 amide bonds. The maximum atomic E-state index is 11.6. The van der Waals surface area contributed by atoms with Gasteiger partial charge in [0.15, 0.2) is 0 Å². The standard InChI is InChI=1S/C21H21NO3/c1-4-6-14-25-20-9-7-8-17(16(20)3)10-12-19-13-11-18(15-22-19)21(23)24-5-2/h4,6-9,11,13,15H,5,14H2,1-3H3. The predicted octanol–water partition coefficient (Wildman–Crippen LogP) is 3.92. The highest BCUT2D eigenvalue weighted by molar-refractivity contribution is 5.89. The number of esters is 1. The van der Waals surface area contributed by atoms with Gasteiger partial charge in [0.25, 0.3) is 0 Å². The fourth-order valence-electron chi connectivity index (χ4n) is 2.07. The maximum Gasteiger partial charge on any atom is 0.339 e. The molecule has 2 rings (SSSR count). The first-order valence-electron chi connectivity index (χ1n) is 8.14. The number of carbonyl (C=O) groups is 1. The molecule has 0 saturated heterocycles. The number of pyridine rings is 1. The van der Waals surface area contributed by atoms with Crippen molar-refractivity contribution in [1.29, 1.82) is 0 Å². The Bertz CT molecular complexity index is 811. The molecule has 128 valence electrons. The summed E-state index contributed by atoms with van der Waals surface area (Å²) in [6.45, 7) is 6.58. The summed E-state index contributed by atoms with van der Waals surface area (Å²) in [5.74, 6) is 6.56. The molecule has 25 heavy (non-hydrogen) atoms. The molecule has 0 aliphatic heterocycles. The van der Waals surface area contributed by atoms with E-state index >= 15 is 0 Å². The quantitative estimate of drug-likeness (QED) is 0.472. The van der Waals surface area contributed by atoms with Gasteiger partial charge in [0.05, 0.1) is 12.2 Å². The molecule has 1 aromatic heterocycles. The Kier molecular flexibility index (Phi) is 6.79. The lowest BCUT2D eigenvalue weighted by Crippen LogP contribution is -2.05. The van der Waals surface area contributed by atoms with E-state index in [1.54, 1.807) is 19.1 Å². The second kappa shape index (κ2) is 9.29. The molecule has 0 aliphatic carbocycles. The monoisotopic (exact) mass is 335 g/mol. The van der Waals surface area contributed by atoms with E-state index in [4.69, 9.17) is 9.47 Å². The number of hydrogen-bond donors (Lipinski definition) is 0. The Morgan fingerprint density at radius 2 is 2.08 bits per heavy atom. The van der Waals surface area contributed by atoms with Crippen molar-refractivity contribution in [2.45, 2.75) is 20.8 Å². The van der Waals surface area contributed by atoms with Crippen LogP contribution in [-0.2, 0) is 4.74 Å². The zero-order chi connectivity index (χ0) is 18.1. The third-order valence-corrected chi connectivity index (χ3v) is 3.45. The fourth-order valence-corrected chi connectivity index (χ4v) is 2.07. The summed E-state index contributed by atoms with van der Waals surface area (Å²) in [7, 11) is 0. The summed E-state index contributed by atoms with van der Waals surface area (Å²) in [6.07, 6.45) is 5.38. The number of aromatic nitrogens is 1. The van der Waals surface area contributed by atoms with Crippen LogP contribution in [0, 0.1) is 18.8 Å². The van der Waals surface area contributed by atoms with Gasteiger partial charge in [0.1, 0.15) is 18.1 Å². The number of benzene rings is 1. The lowest BCUT2D eigenvalue weighted by molar-refractivity contribution is 0.0526. The van der Waals surface area contributed by atoms with E-state index in [9.17, 15) is 4.79 Å². The van der Waals surface area contributed by atoms with Crippen LogP contribution >= 0.6 is 0 Å². The Morgan fingerprint density at radius 1 is 1.24 bits per heavy atom. The highest BCUT2D eigenvalue weighted by Crippen LogP contribution is 2.20. The summed E-state index contributed by atoms with van der Waals surface area (Å²) in [5, 5.41) is 0. The van der Waals surface area contributed by atoms with Crippen LogP contribution in [0.25, 0.3) is 0 Å². The lowest BCUT2D eigenvalue weighted by Gasteiger charge is -2.08. The van der Waals surface area contributed by atoms with Crippen molar-refractivity contribution in [1.82, 2.24) is 4.98 Å². The van der Waals surface area contributed by atoms with Crippen LogP contribution in [0.4, 0.5) is 0 Å². The Balaban J connectivity index is 2.15. The molecular formula is C21H21NO3. The minimum absolute atomic E-state index is 0.339.